The molecule has 0 unspecified atom stereocenters. The predicted molar refractivity (Wildman–Crippen MR) is 123 cm³/mol. The molecule has 0 aliphatic carbocycles. The van der Waals surface area contributed by atoms with E-state index in [4.69, 9.17) is 16.3 Å². The molecule has 1 saturated heterocycles. The van der Waals surface area contributed by atoms with Crippen LogP contribution < -0.4 is 10.6 Å². The Morgan fingerprint density at radius 2 is 2.12 bits per heavy atom. The van der Waals surface area contributed by atoms with Crippen molar-refractivity contribution < 1.29 is 24.9 Å². The quantitative estimate of drug-likeness (QED) is 0.163. The molecule has 1 aliphatic heterocycles. The largest absolute Gasteiger partial charge is 0.387 e. The molecule has 0 spiro atoms. The summed E-state index contributed by atoms with van der Waals surface area (Å²) in [6.45, 7) is 1.68. The Kier molecular flexibility index (Phi) is 6.78. The minimum Gasteiger partial charge on any atom is -0.387 e. The molecule has 32 heavy (non-hydrogen) atoms. The summed E-state index contributed by atoms with van der Waals surface area (Å²) >= 11 is 8.35. The first-order valence-corrected chi connectivity index (χ1v) is 11.1. The van der Waals surface area contributed by atoms with Crippen LogP contribution in [-0.2, 0) is 16.1 Å². The van der Waals surface area contributed by atoms with Gasteiger partial charge in [-0.1, -0.05) is 12.1 Å². The first-order valence-electron chi connectivity index (χ1n) is 9.59. The molecule has 3 aromatic rings. The van der Waals surface area contributed by atoms with Gasteiger partial charge in [-0.25, -0.2) is 4.98 Å². The Hall–Kier alpha value is -2.10. The molecule has 1 amide bonds. The summed E-state index contributed by atoms with van der Waals surface area (Å²) in [7, 11) is 0. The third-order valence-corrected chi connectivity index (χ3v) is 5.79. The average Bonchev–Trinajstić information content (AvgIpc) is 3.27. The molecule has 2 aromatic heterocycles. The van der Waals surface area contributed by atoms with Gasteiger partial charge in [0.05, 0.1) is 6.33 Å². The molecule has 0 bridgehead atoms. The number of amides is 1. The van der Waals surface area contributed by atoms with Crippen LogP contribution in [0.4, 0.5) is 5.82 Å². The van der Waals surface area contributed by atoms with Crippen LogP contribution in [-0.4, -0.2) is 65.3 Å². The van der Waals surface area contributed by atoms with Crippen molar-refractivity contribution in [3.63, 3.8) is 0 Å². The standard InChI is InChI=1S/C19H20ClIN6O5/c1-8(28)24-17(31)14-12(29)13(30)18(32-14)27-7-23-11-15(25-19(20)26-16(11)27)22-6-9-3-2-4-10(21)5-9/h2-5,7,12-14,17-18,29-31H,6H2,1H3,(H,24,28)(H,22,25,26)/t12-,13+,14-,17+,18+/m0/s1. The molecule has 11 nitrogen and oxygen atoms in total. The van der Waals surface area contributed by atoms with E-state index in [0.29, 0.717) is 17.9 Å². The third-order valence-electron chi connectivity index (χ3n) is 4.95. The van der Waals surface area contributed by atoms with E-state index >= 15 is 0 Å². The number of halogens is 2. The second-order valence-electron chi connectivity index (χ2n) is 7.27. The molecule has 1 aliphatic rings. The lowest BCUT2D eigenvalue weighted by Crippen LogP contribution is -2.48. The number of hydrogen-bond acceptors (Lipinski definition) is 9. The Labute approximate surface area is 200 Å². The van der Waals surface area contributed by atoms with Crippen molar-refractivity contribution in [2.75, 3.05) is 5.32 Å². The van der Waals surface area contributed by atoms with E-state index in [0.717, 1.165) is 9.13 Å². The summed E-state index contributed by atoms with van der Waals surface area (Å²) < 4.78 is 8.15. The Balaban J connectivity index is 1.61. The van der Waals surface area contributed by atoms with Gasteiger partial charge in [0.1, 0.15) is 18.3 Å². The molecular formula is C19H20ClIN6O5. The average molecular weight is 575 g/mol. The van der Waals surface area contributed by atoms with Crippen molar-refractivity contribution >= 4 is 57.1 Å². The van der Waals surface area contributed by atoms with Crippen molar-refractivity contribution in [1.82, 2.24) is 24.8 Å². The zero-order chi connectivity index (χ0) is 23.0. The molecule has 5 atom stereocenters. The molecule has 170 valence electrons. The number of hydrogen-bond donors (Lipinski definition) is 5. The number of nitrogens with zero attached hydrogens (tertiary/aromatic N) is 4. The van der Waals surface area contributed by atoms with Crippen molar-refractivity contribution in [2.24, 2.45) is 0 Å². The number of imidazole rings is 1. The van der Waals surface area contributed by atoms with Crippen molar-refractivity contribution in [1.29, 1.82) is 0 Å². The van der Waals surface area contributed by atoms with E-state index in [1.807, 2.05) is 24.3 Å². The fourth-order valence-corrected chi connectivity index (χ4v) is 4.27. The van der Waals surface area contributed by atoms with E-state index in [-0.39, 0.29) is 10.9 Å². The highest BCUT2D eigenvalue weighted by atomic mass is 127. The van der Waals surface area contributed by atoms with Crippen molar-refractivity contribution in [3.05, 3.63) is 45.0 Å². The minimum atomic E-state index is -1.51. The Morgan fingerprint density at radius 1 is 1.34 bits per heavy atom. The lowest BCUT2D eigenvalue weighted by molar-refractivity contribution is -0.130. The SMILES string of the molecule is CC(=O)N[C@H](O)[C@H]1O[C@@H](n2cnc3c(NCc4cccc(I)c4)nc(Cl)nc32)[C@H](O)[C@@H]1O. The highest BCUT2D eigenvalue weighted by Crippen LogP contribution is 2.33. The highest BCUT2D eigenvalue weighted by molar-refractivity contribution is 14.1. The van der Waals surface area contributed by atoms with Crippen LogP contribution in [0.3, 0.4) is 0 Å². The molecule has 0 saturated carbocycles. The number of ether oxygens (including phenoxy) is 1. The highest BCUT2D eigenvalue weighted by Gasteiger charge is 2.47. The normalized spacial score (nSPS) is 23.9. The monoisotopic (exact) mass is 574 g/mol. The number of carbonyl (C=O) groups is 1. The fourth-order valence-electron chi connectivity index (χ4n) is 3.50. The van der Waals surface area contributed by atoms with E-state index in [2.05, 4.69) is 48.2 Å². The maximum Gasteiger partial charge on any atom is 0.226 e. The minimum absolute atomic E-state index is 0.0488. The first-order chi connectivity index (χ1) is 15.2. The summed E-state index contributed by atoms with van der Waals surface area (Å²) in [5.41, 5.74) is 1.68. The topological polar surface area (TPSA) is 155 Å². The van der Waals surface area contributed by atoms with Crippen LogP contribution in [0.1, 0.15) is 18.7 Å². The van der Waals surface area contributed by atoms with E-state index in [1.54, 1.807) is 0 Å². The van der Waals surface area contributed by atoms with Gasteiger partial charge in [-0.3, -0.25) is 9.36 Å². The third kappa shape index (κ3) is 4.65. The molecule has 1 aromatic carbocycles. The number of rotatable bonds is 6. The number of anilines is 1. The lowest BCUT2D eigenvalue weighted by atomic mass is 10.1. The molecule has 5 N–H and O–H groups in total. The Morgan fingerprint density at radius 3 is 2.84 bits per heavy atom. The van der Waals surface area contributed by atoms with Crippen LogP contribution in [0.5, 0.6) is 0 Å². The van der Waals surface area contributed by atoms with Gasteiger partial charge in [0, 0.05) is 17.0 Å². The fraction of sp³-hybridized carbons (Fsp3) is 0.368. The van der Waals surface area contributed by atoms with Crippen LogP contribution in [0.15, 0.2) is 30.6 Å². The molecule has 13 heteroatoms. The summed E-state index contributed by atoms with van der Waals surface area (Å²) in [6, 6.07) is 7.93. The second kappa shape index (κ2) is 9.41. The van der Waals surface area contributed by atoms with Gasteiger partial charge in [-0.15, -0.1) is 0 Å². The van der Waals surface area contributed by atoms with E-state index in [9.17, 15) is 20.1 Å². The van der Waals surface area contributed by atoms with E-state index < -0.39 is 36.7 Å². The smallest absolute Gasteiger partial charge is 0.226 e. The first kappa shape index (κ1) is 23.1. The lowest BCUT2D eigenvalue weighted by Gasteiger charge is -2.21. The van der Waals surface area contributed by atoms with Gasteiger partial charge in [-0.2, -0.15) is 9.97 Å². The number of fused-ring (bicyclic) bond motifs is 1. The van der Waals surface area contributed by atoms with Gasteiger partial charge < -0.3 is 30.7 Å². The van der Waals surface area contributed by atoms with Gasteiger partial charge in [-0.05, 0) is 51.9 Å². The number of aromatic nitrogens is 4. The zero-order valence-corrected chi connectivity index (χ0v) is 19.6. The Bertz CT molecular complexity index is 1150. The number of aliphatic hydroxyl groups excluding tert-OH is 3. The van der Waals surface area contributed by atoms with Crippen LogP contribution in [0.2, 0.25) is 5.28 Å². The zero-order valence-electron chi connectivity index (χ0n) is 16.7. The number of carbonyl (C=O) groups excluding carboxylic acids is 1. The molecule has 1 fully saturated rings. The summed E-state index contributed by atoms with van der Waals surface area (Å²) in [5.74, 6) is -0.122. The molecule has 3 heterocycles. The van der Waals surface area contributed by atoms with Gasteiger partial charge in [0.2, 0.25) is 11.2 Å². The number of nitrogens with one attached hydrogen (secondary N) is 2. The molecule has 0 radical (unpaired) electrons. The molecular weight excluding hydrogens is 555 g/mol. The molecule has 4 rings (SSSR count). The van der Waals surface area contributed by atoms with Gasteiger partial charge in [0.25, 0.3) is 0 Å². The van der Waals surface area contributed by atoms with Crippen LogP contribution in [0.25, 0.3) is 11.2 Å². The van der Waals surface area contributed by atoms with Crippen LogP contribution >= 0.6 is 34.2 Å². The van der Waals surface area contributed by atoms with Gasteiger partial charge in [0.15, 0.2) is 29.4 Å². The van der Waals surface area contributed by atoms with Crippen molar-refractivity contribution in [2.45, 2.75) is 44.2 Å². The van der Waals surface area contributed by atoms with Crippen molar-refractivity contribution in [3.8, 4) is 0 Å². The number of benzene rings is 1. The predicted octanol–water partition coefficient (Wildman–Crippen LogP) is 0.770. The second-order valence-corrected chi connectivity index (χ2v) is 8.85. The number of aliphatic hydroxyl groups is 3. The maximum atomic E-state index is 11.2. The maximum absolute atomic E-state index is 11.2. The summed E-state index contributed by atoms with van der Waals surface area (Å²) in [4.78, 5) is 23.9. The summed E-state index contributed by atoms with van der Waals surface area (Å²) in [5, 5.41) is 36.3. The summed E-state index contributed by atoms with van der Waals surface area (Å²) in [6.07, 6.45) is -5.40. The van der Waals surface area contributed by atoms with Gasteiger partial charge >= 0.3 is 0 Å². The van der Waals surface area contributed by atoms with E-state index in [1.165, 1.54) is 17.8 Å². The van der Waals surface area contributed by atoms with Crippen LogP contribution in [0, 0.1) is 3.57 Å².